The van der Waals surface area contributed by atoms with E-state index in [1.54, 1.807) is 11.9 Å². The van der Waals surface area contributed by atoms with Gasteiger partial charge in [-0.1, -0.05) is 6.92 Å². The number of benzene rings is 1. The van der Waals surface area contributed by atoms with Gasteiger partial charge < -0.3 is 19.8 Å². The first-order valence-corrected chi connectivity index (χ1v) is 8.58. The average Bonchev–Trinajstić information content (AvgIpc) is 3.01. The van der Waals surface area contributed by atoms with Crippen LogP contribution in [0.15, 0.2) is 29.4 Å². The number of fused-ring (bicyclic) bond motifs is 1. The molecule has 10 heteroatoms. The number of piperazine rings is 1. The van der Waals surface area contributed by atoms with Crippen LogP contribution < -0.4 is 10.2 Å². The van der Waals surface area contributed by atoms with Crippen LogP contribution in [0.2, 0.25) is 0 Å². The fourth-order valence-electron chi connectivity index (χ4n) is 3.90. The van der Waals surface area contributed by atoms with Crippen molar-refractivity contribution in [3.05, 3.63) is 39.9 Å². The molecule has 2 heterocycles. The van der Waals surface area contributed by atoms with Gasteiger partial charge in [0, 0.05) is 23.9 Å². The van der Waals surface area contributed by atoms with E-state index in [1.807, 2.05) is 0 Å². The third-order valence-electron chi connectivity index (χ3n) is 5.66. The number of carbonyl (C=O) groups is 2. The van der Waals surface area contributed by atoms with Gasteiger partial charge >= 0.3 is 0 Å². The molecule has 0 spiro atoms. The van der Waals surface area contributed by atoms with Gasteiger partial charge in [-0.2, -0.15) is 5.10 Å². The SMILES string of the molecule is CCC1(C(=O)[O-])C=NN2CC[N+](Cc3ccc([N+](=O)[O-])cc3)(C(=O)[O-])CC21. The molecular weight excluding hydrogens is 356 g/mol. The minimum Gasteiger partial charge on any atom is -0.549 e. The zero-order chi connectivity index (χ0) is 19.8. The number of quaternary nitrogens is 1. The number of aliphatic carboxylic acids is 1. The molecule has 10 nitrogen and oxygen atoms in total. The first-order valence-electron chi connectivity index (χ1n) is 8.58. The molecule has 1 aromatic carbocycles. The molecule has 0 bridgehead atoms. The third-order valence-corrected chi connectivity index (χ3v) is 5.66. The molecular formula is C17H19N4O6-. The van der Waals surface area contributed by atoms with Crippen molar-refractivity contribution in [2.24, 2.45) is 10.5 Å². The number of hydrogen-bond donors (Lipinski definition) is 0. The minimum absolute atomic E-state index is 0.0128. The second-order valence-corrected chi connectivity index (χ2v) is 7.00. The van der Waals surface area contributed by atoms with Gasteiger partial charge in [-0.3, -0.25) is 19.6 Å². The fraction of sp³-hybridized carbons (Fsp3) is 0.471. The molecule has 1 fully saturated rings. The third kappa shape index (κ3) is 3.01. The monoisotopic (exact) mass is 375 g/mol. The second kappa shape index (κ2) is 6.62. The Hall–Kier alpha value is -3.01. The van der Waals surface area contributed by atoms with Crippen LogP contribution in [-0.4, -0.2) is 58.4 Å². The van der Waals surface area contributed by atoms with Gasteiger partial charge in [0.1, 0.15) is 25.7 Å². The van der Waals surface area contributed by atoms with E-state index in [1.165, 1.54) is 30.5 Å². The van der Waals surface area contributed by atoms with Crippen LogP contribution in [0.25, 0.3) is 0 Å². The summed E-state index contributed by atoms with van der Waals surface area (Å²) in [4.78, 5) is 34.1. The summed E-state index contributed by atoms with van der Waals surface area (Å²) in [6.07, 6.45) is 0.252. The zero-order valence-electron chi connectivity index (χ0n) is 14.7. The number of nitrogens with zero attached hydrogens (tertiary/aromatic N) is 4. The molecule has 2 aliphatic rings. The van der Waals surface area contributed by atoms with Crippen LogP contribution in [0.5, 0.6) is 0 Å². The molecule has 0 aromatic heterocycles. The highest BCUT2D eigenvalue weighted by Gasteiger charge is 2.53. The van der Waals surface area contributed by atoms with Gasteiger partial charge in [-0.05, 0) is 18.6 Å². The summed E-state index contributed by atoms with van der Waals surface area (Å²) in [5.41, 5.74) is -0.850. The molecule has 3 rings (SSSR count). The maximum atomic E-state index is 12.0. The molecule has 0 radical (unpaired) electrons. The number of amides is 1. The lowest BCUT2D eigenvalue weighted by Crippen LogP contribution is -2.70. The van der Waals surface area contributed by atoms with Crippen molar-refractivity contribution in [2.75, 3.05) is 19.6 Å². The van der Waals surface area contributed by atoms with Gasteiger partial charge in [-0.15, -0.1) is 0 Å². The van der Waals surface area contributed by atoms with E-state index in [0.717, 1.165) is 0 Å². The number of nitro benzene ring substituents is 1. The van der Waals surface area contributed by atoms with Crippen molar-refractivity contribution < 1.29 is 29.2 Å². The highest BCUT2D eigenvalue weighted by molar-refractivity contribution is 5.95. The summed E-state index contributed by atoms with van der Waals surface area (Å²) in [5, 5.41) is 40.4. The van der Waals surface area contributed by atoms with Crippen molar-refractivity contribution in [3.63, 3.8) is 0 Å². The van der Waals surface area contributed by atoms with Crippen LogP contribution in [-0.2, 0) is 11.3 Å². The first-order chi connectivity index (χ1) is 12.7. The lowest BCUT2D eigenvalue weighted by Gasteiger charge is -2.49. The number of hydrogen-bond acceptors (Lipinski definition) is 8. The van der Waals surface area contributed by atoms with E-state index >= 15 is 0 Å². The van der Waals surface area contributed by atoms with E-state index in [9.17, 15) is 29.9 Å². The van der Waals surface area contributed by atoms with Crippen LogP contribution in [0.1, 0.15) is 18.9 Å². The molecule has 0 saturated carbocycles. The summed E-state index contributed by atoms with van der Waals surface area (Å²) in [5.74, 6) is -1.28. The van der Waals surface area contributed by atoms with Crippen molar-refractivity contribution in [1.82, 2.24) is 5.01 Å². The van der Waals surface area contributed by atoms with Crippen LogP contribution in [0.4, 0.5) is 10.5 Å². The molecule has 3 atom stereocenters. The van der Waals surface area contributed by atoms with Crippen LogP contribution in [0.3, 0.4) is 0 Å². The summed E-state index contributed by atoms with van der Waals surface area (Å²) in [6.45, 7) is 2.17. The molecule has 144 valence electrons. The van der Waals surface area contributed by atoms with Gasteiger partial charge in [-0.25, -0.2) is 0 Å². The molecule has 27 heavy (non-hydrogen) atoms. The molecule has 1 saturated heterocycles. The Morgan fingerprint density at radius 1 is 1.33 bits per heavy atom. The predicted molar refractivity (Wildman–Crippen MR) is 88.9 cm³/mol. The van der Waals surface area contributed by atoms with Gasteiger partial charge in [0.15, 0.2) is 0 Å². The van der Waals surface area contributed by atoms with Gasteiger partial charge in [0.05, 0.1) is 22.9 Å². The van der Waals surface area contributed by atoms with E-state index in [0.29, 0.717) is 5.56 Å². The normalized spacial score (nSPS) is 29.4. The molecule has 3 unspecified atom stereocenters. The largest absolute Gasteiger partial charge is 0.549 e. The van der Waals surface area contributed by atoms with Crippen molar-refractivity contribution in [1.29, 1.82) is 0 Å². The summed E-state index contributed by atoms with van der Waals surface area (Å²) in [7, 11) is 0. The van der Waals surface area contributed by atoms with E-state index in [2.05, 4.69) is 5.10 Å². The Kier molecular flexibility index (Phi) is 4.60. The Balaban J connectivity index is 1.90. The maximum absolute atomic E-state index is 12.0. The van der Waals surface area contributed by atoms with Crippen molar-refractivity contribution >= 4 is 24.0 Å². The zero-order valence-corrected chi connectivity index (χ0v) is 14.7. The van der Waals surface area contributed by atoms with E-state index < -0.39 is 32.9 Å². The number of rotatable bonds is 5. The number of carboxylic acids is 1. The molecule has 1 amide bonds. The fourth-order valence-corrected chi connectivity index (χ4v) is 3.90. The Bertz CT molecular complexity index is 810. The highest BCUT2D eigenvalue weighted by Crippen LogP contribution is 2.38. The van der Waals surface area contributed by atoms with Crippen LogP contribution >= 0.6 is 0 Å². The Morgan fingerprint density at radius 2 is 2.00 bits per heavy atom. The minimum atomic E-state index is -1.35. The molecule has 0 N–H and O–H groups in total. The lowest BCUT2D eigenvalue weighted by atomic mass is 9.78. The molecule has 0 aliphatic carbocycles. The van der Waals surface area contributed by atoms with E-state index in [4.69, 9.17) is 0 Å². The summed E-state index contributed by atoms with van der Waals surface area (Å²) < 4.78 is -0.475. The Labute approximate surface area is 155 Å². The second-order valence-electron chi connectivity index (χ2n) is 7.00. The quantitative estimate of drug-likeness (QED) is 0.368. The number of non-ortho nitro benzene ring substituents is 1. The number of nitro groups is 1. The predicted octanol–water partition coefficient (Wildman–Crippen LogP) is -0.915. The molecule has 1 aromatic rings. The topological polar surface area (TPSA) is 139 Å². The van der Waals surface area contributed by atoms with Gasteiger partial charge in [0.25, 0.3) is 11.8 Å². The lowest BCUT2D eigenvalue weighted by molar-refractivity contribution is -0.896. The summed E-state index contributed by atoms with van der Waals surface area (Å²) >= 11 is 0. The van der Waals surface area contributed by atoms with E-state index in [-0.39, 0.29) is 38.3 Å². The first kappa shape index (κ1) is 18.8. The number of carboxylic acid groups (broad SMARTS) is 2. The molecule has 2 aliphatic heterocycles. The van der Waals surface area contributed by atoms with Crippen molar-refractivity contribution in [2.45, 2.75) is 25.9 Å². The standard InChI is InChI=1S/C17H20N4O6/c1-2-17(15(22)23)11-18-19-7-8-21(16(24)25,10-14(17)19)9-12-3-5-13(6-4-12)20(26)27/h3-6,11,14H,2,7-10H2,1H3,(H-,22,23,24,25)/p-1. The maximum Gasteiger partial charge on any atom is 0.269 e. The van der Waals surface area contributed by atoms with Crippen LogP contribution in [0, 0.1) is 15.5 Å². The van der Waals surface area contributed by atoms with Gasteiger partial charge in [0.2, 0.25) is 0 Å². The summed E-state index contributed by atoms with van der Waals surface area (Å²) in [6, 6.07) is 4.98. The number of carbonyl (C=O) groups excluding carboxylic acids is 2. The smallest absolute Gasteiger partial charge is 0.269 e. The average molecular weight is 375 g/mol. The highest BCUT2D eigenvalue weighted by atomic mass is 16.6. The Morgan fingerprint density at radius 3 is 2.52 bits per heavy atom. The number of hydrazone groups is 1. The van der Waals surface area contributed by atoms with Crippen molar-refractivity contribution in [3.8, 4) is 0 Å².